The van der Waals surface area contributed by atoms with Gasteiger partial charge in [-0.25, -0.2) is 0 Å². The van der Waals surface area contributed by atoms with Gasteiger partial charge >= 0.3 is 17.9 Å². The normalized spacial score (nSPS) is 13.3. The lowest BCUT2D eigenvalue weighted by molar-refractivity contribution is -0.167. The maximum atomic E-state index is 12.9. The molecule has 0 aromatic heterocycles. The second-order valence-electron chi connectivity index (χ2n) is 17.8. The molecule has 1 unspecified atom stereocenters. The Labute approximate surface area is 435 Å². The zero-order chi connectivity index (χ0) is 51.4. The monoisotopic (exact) mass is 977 g/mol. The average Bonchev–Trinajstić information content (AvgIpc) is 3.37. The minimum absolute atomic E-state index is 0.116. The molecule has 71 heavy (non-hydrogen) atoms. The summed E-state index contributed by atoms with van der Waals surface area (Å²) >= 11 is 0. The van der Waals surface area contributed by atoms with E-state index in [9.17, 15) is 14.4 Å². The van der Waals surface area contributed by atoms with Crippen LogP contribution >= 0.6 is 0 Å². The second kappa shape index (κ2) is 57.6. The maximum absolute atomic E-state index is 12.9. The van der Waals surface area contributed by atoms with Crippen LogP contribution in [0, 0.1) is 0 Å². The Morgan fingerprint density at radius 1 is 0.296 bits per heavy atom. The number of rotatable bonds is 48. The van der Waals surface area contributed by atoms with E-state index in [0.717, 1.165) is 148 Å². The maximum Gasteiger partial charge on any atom is 0.306 e. The molecule has 6 heteroatoms. The van der Waals surface area contributed by atoms with Gasteiger partial charge in [-0.1, -0.05) is 224 Å². The second-order valence-corrected chi connectivity index (χ2v) is 17.8. The van der Waals surface area contributed by atoms with Crippen molar-refractivity contribution >= 4 is 17.9 Å². The van der Waals surface area contributed by atoms with E-state index >= 15 is 0 Å². The van der Waals surface area contributed by atoms with E-state index in [1.807, 2.05) is 0 Å². The molecule has 0 fully saturated rings. The topological polar surface area (TPSA) is 78.9 Å². The van der Waals surface area contributed by atoms with Crippen LogP contribution in [0.2, 0.25) is 0 Å². The molecule has 0 saturated carbocycles. The van der Waals surface area contributed by atoms with Gasteiger partial charge in [0.1, 0.15) is 13.2 Å². The number of carbonyl (C=O) groups is 3. The first-order chi connectivity index (χ1) is 35.0. The number of allylic oxidation sites excluding steroid dienone is 26. The summed E-state index contributed by atoms with van der Waals surface area (Å²) in [6.07, 6.45) is 83.7. The number of hydrogen-bond acceptors (Lipinski definition) is 6. The van der Waals surface area contributed by atoms with Crippen LogP contribution in [0.25, 0.3) is 0 Å². The highest BCUT2D eigenvalue weighted by molar-refractivity contribution is 5.71. The number of ether oxygens (including phenoxy) is 3. The summed E-state index contributed by atoms with van der Waals surface area (Å²) in [6, 6.07) is 0. The van der Waals surface area contributed by atoms with Gasteiger partial charge in [0.2, 0.25) is 0 Å². The van der Waals surface area contributed by atoms with Gasteiger partial charge in [0, 0.05) is 19.3 Å². The van der Waals surface area contributed by atoms with E-state index in [0.29, 0.717) is 19.3 Å². The van der Waals surface area contributed by atoms with Crippen molar-refractivity contribution in [1.29, 1.82) is 0 Å². The van der Waals surface area contributed by atoms with Crippen LogP contribution in [0.1, 0.15) is 213 Å². The fraction of sp³-hybridized carbons (Fsp3) is 0.554. The van der Waals surface area contributed by atoms with Gasteiger partial charge < -0.3 is 14.2 Å². The molecule has 0 radical (unpaired) electrons. The third-order valence-electron chi connectivity index (χ3n) is 11.1. The molecule has 0 bridgehead atoms. The molecule has 1 atom stereocenters. The van der Waals surface area contributed by atoms with Crippen molar-refractivity contribution in [3.63, 3.8) is 0 Å². The molecule has 6 nitrogen and oxygen atoms in total. The summed E-state index contributed by atoms with van der Waals surface area (Å²) in [6.45, 7) is 6.20. The van der Waals surface area contributed by atoms with Crippen LogP contribution in [0.5, 0.6) is 0 Å². The Morgan fingerprint density at radius 2 is 0.577 bits per heavy atom. The third-order valence-corrected chi connectivity index (χ3v) is 11.1. The molecule has 0 amide bonds. The van der Waals surface area contributed by atoms with Crippen molar-refractivity contribution in [2.45, 2.75) is 219 Å². The number of carbonyl (C=O) groups excluding carboxylic acids is 3. The molecular formula is C65H100O6. The summed E-state index contributed by atoms with van der Waals surface area (Å²) in [5.41, 5.74) is 0. The van der Waals surface area contributed by atoms with E-state index in [1.165, 1.54) is 19.3 Å². The van der Waals surface area contributed by atoms with E-state index in [2.05, 4.69) is 179 Å². The smallest absolute Gasteiger partial charge is 0.306 e. The van der Waals surface area contributed by atoms with Gasteiger partial charge in [-0.2, -0.15) is 0 Å². The van der Waals surface area contributed by atoms with E-state index in [-0.39, 0.29) is 37.5 Å². The summed E-state index contributed by atoms with van der Waals surface area (Å²) in [7, 11) is 0. The first-order valence-corrected chi connectivity index (χ1v) is 28.0. The quantitative estimate of drug-likeness (QED) is 0.0199. The van der Waals surface area contributed by atoms with Crippen molar-refractivity contribution in [1.82, 2.24) is 0 Å². The lowest BCUT2D eigenvalue weighted by Gasteiger charge is -2.18. The predicted octanol–water partition coefficient (Wildman–Crippen LogP) is 19.0. The van der Waals surface area contributed by atoms with Gasteiger partial charge in [-0.15, -0.1) is 0 Å². The van der Waals surface area contributed by atoms with Gasteiger partial charge in [-0.3, -0.25) is 14.4 Å². The van der Waals surface area contributed by atoms with Gasteiger partial charge in [0.25, 0.3) is 0 Å². The SMILES string of the molecule is CC\C=C/C=C\C=C/CCCCCCCCCC(=O)OCC(COC(=O)CCCCC/C=C\C/C=C\C/C=C\C/C=C\C/C=C\CC)OC(=O)CCCCC/C=C\C/C=C\C/C=C\C/C=C\C/C=C\CC. The Morgan fingerprint density at radius 3 is 0.958 bits per heavy atom. The van der Waals surface area contributed by atoms with Crippen LogP contribution in [-0.2, 0) is 28.6 Å². The van der Waals surface area contributed by atoms with Crippen LogP contribution in [0.4, 0.5) is 0 Å². The lowest BCUT2D eigenvalue weighted by atomic mass is 10.1. The van der Waals surface area contributed by atoms with Gasteiger partial charge in [-0.05, 0) is 128 Å². The zero-order valence-electron chi connectivity index (χ0n) is 45.2. The molecule has 0 spiro atoms. The molecule has 0 rings (SSSR count). The van der Waals surface area contributed by atoms with Crippen LogP contribution < -0.4 is 0 Å². The molecule has 0 aromatic carbocycles. The molecule has 0 aliphatic heterocycles. The minimum atomic E-state index is -0.823. The number of unbranched alkanes of at least 4 members (excludes halogenated alkanes) is 13. The van der Waals surface area contributed by atoms with Crippen molar-refractivity contribution in [3.8, 4) is 0 Å². The highest BCUT2D eigenvalue weighted by Gasteiger charge is 2.19. The standard InChI is InChI=1S/C65H100O6/c1-4-7-10-13-16-19-22-25-28-30-32-34-37-40-43-46-49-52-55-58-64(67)70-61-62(60-69-63(66)57-54-51-48-45-42-39-36-27-24-21-18-15-12-9-6-3)71-65(68)59-56-53-50-47-44-41-38-35-33-31-29-26-23-20-17-14-11-8-5-2/h7-12,15-21,24-26,28-29,32-35,40-41,43-44,62H,4-6,13-14,22-23,27,30-31,36-39,42,45-61H2,1-3H3/b10-7-,11-8-,12-9-,18-15-,19-16-,20-17-,24-21-,28-25-,29-26-,34-32-,35-33-,43-40-,44-41-. The Bertz CT molecular complexity index is 1640. The van der Waals surface area contributed by atoms with Crippen molar-refractivity contribution < 1.29 is 28.6 Å². The number of hydrogen-bond donors (Lipinski definition) is 0. The van der Waals surface area contributed by atoms with Crippen LogP contribution in [0.3, 0.4) is 0 Å². The van der Waals surface area contributed by atoms with Gasteiger partial charge in [0.15, 0.2) is 6.10 Å². The zero-order valence-corrected chi connectivity index (χ0v) is 45.2. The summed E-state index contributed by atoms with van der Waals surface area (Å²) in [5.74, 6) is -1.00. The first-order valence-electron chi connectivity index (χ1n) is 28.0. The van der Waals surface area contributed by atoms with Crippen molar-refractivity contribution in [3.05, 3.63) is 158 Å². The third kappa shape index (κ3) is 55.8. The average molecular weight is 978 g/mol. The molecule has 0 saturated heterocycles. The highest BCUT2D eigenvalue weighted by Crippen LogP contribution is 2.13. The van der Waals surface area contributed by atoms with Gasteiger partial charge in [0.05, 0.1) is 0 Å². The Balaban J connectivity index is 4.57. The molecule has 0 aromatic rings. The van der Waals surface area contributed by atoms with E-state index in [1.54, 1.807) is 0 Å². The Hall–Kier alpha value is -4.97. The molecular weight excluding hydrogens is 877 g/mol. The molecule has 0 aliphatic carbocycles. The summed E-state index contributed by atoms with van der Waals surface area (Å²) in [4.78, 5) is 38.2. The predicted molar refractivity (Wildman–Crippen MR) is 306 cm³/mol. The molecule has 0 aliphatic rings. The van der Waals surface area contributed by atoms with Crippen molar-refractivity contribution in [2.75, 3.05) is 13.2 Å². The molecule has 396 valence electrons. The van der Waals surface area contributed by atoms with Crippen LogP contribution in [0.15, 0.2) is 158 Å². The summed E-state index contributed by atoms with van der Waals surface area (Å²) < 4.78 is 16.8. The van der Waals surface area contributed by atoms with Crippen molar-refractivity contribution in [2.24, 2.45) is 0 Å². The minimum Gasteiger partial charge on any atom is -0.462 e. The summed E-state index contributed by atoms with van der Waals surface area (Å²) in [5, 5.41) is 0. The lowest BCUT2D eigenvalue weighted by Crippen LogP contribution is -2.30. The van der Waals surface area contributed by atoms with E-state index < -0.39 is 6.10 Å². The van der Waals surface area contributed by atoms with E-state index in [4.69, 9.17) is 14.2 Å². The largest absolute Gasteiger partial charge is 0.462 e. The highest BCUT2D eigenvalue weighted by atomic mass is 16.6. The molecule has 0 N–H and O–H groups in total. The molecule has 0 heterocycles. The Kier molecular flexibility index (Phi) is 53.6. The number of esters is 3. The van der Waals surface area contributed by atoms with Crippen LogP contribution in [-0.4, -0.2) is 37.2 Å². The fourth-order valence-corrected chi connectivity index (χ4v) is 6.96. The fourth-order valence-electron chi connectivity index (χ4n) is 6.96. The first kappa shape index (κ1) is 66.0.